The van der Waals surface area contributed by atoms with Crippen molar-refractivity contribution >= 4 is 5.69 Å². The highest BCUT2D eigenvalue weighted by molar-refractivity contribution is 5.46. The molecule has 0 aromatic heterocycles. The Kier molecular flexibility index (Phi) is 4.47. The van der Waals surface area contributed by atoms with Crippen LogP contribution >= 0.6 is 0 Å². The van der Waals surface area contributed by atoms with E-state index in [-0.39, 0.29) is 0 Å². The fourth-order valence-corrected chi connectivity index (χ4v) is 1.55. The molecule has 1 atom stereocenters. The molecular formula is C12H20N2. The Morgan fingerprint density at radius 3 is 2.79 bits per heavy atom. The molecule has 0 aliphatic carbocycles. The SMILES string of the molecule is CCC(CCN)Nc1cccc(C)c1. The first-order valence-electron chi connectivity index (χ1n) is 5.29. The summed E-state index contributed by atoms with van der Waals surface area (Å²) >= 11 is 0. The van der Waals surface area contributed by atoms with Gasteiger partial charge in [0.15, 0.2) is 0 Å². The molecule has 2 nitrogen and oxygen atoms in total. The monoisotopic (exact) mass is 192 g/mol. The van der Waals surface area contributed by atoms with E-state index in [1.165, 1.54) is 11.3 Å². The van der Waals surface area contributed by atoms with Crippen LogP contribution < -0.4 is 11.1 Å². The van der Waals surface area contributed by atoms with Gasteiger partial charge in [-0.15, -0.1) is 0 Å². The van der Waals surface area contributed by atoms with Crippen molar-refractivity contribution in [2.24, 2.45) is 5.73 Å². The molecule has 1 aromatic rings. The van der Waals surface area contributed by atoms with Gasteiger partial charge in [0.1, 0.15) is 0 Å². The lowest BCUT2D eigenvalue weighted by Crippen LogP contribution is -2.22. The smallest absolute Gasteiger partial charge is 0.0344 e. The van der Waals surface area contributed by atoms with Crippen LogP contribution in [0.4, 0.5) is 5.69 Å². The summed E-state index contributed by atoms with van der Waals surface area (Å²) in [5.41, 5.74) is 8.04. The van der Waals surface area contributed by atoms with Crippen LogP contribution in [-0.4, -0.2) is 12.6 Å². The van der Waals surface area contributed by atoms with Crippen molar-refractivity contribution < 1.29 is 0 Å². The maximum Gasteiger partial charge on any atom is 0.0344 e. The Bertz CT molecular complexity index is 271. The Morgan fingerprint density at radius 1 is 1.43 bits per heavy atom. The van der Waals surface area contributed by atoms with E-state index < -0.39 is 0 Å². The van der Waals surface area contributed by atoms with Gasteiger partial charge in [-0.3, -0.25) is 0 Å². The molecule has 0 heterocycles. The summed E-state index contributed by atoms with van der Waals surface area (Å²) in [6.07, 6.45) is 2.15. The molecule has 2 heteroatoms. The number of nitrogens with one attached hydrogen (secondary N) is 1. The molecule has 0 radical (unpaired) electrons. The van der Waals surface area contributed by atoms with E-state index in [4.69, 9.17) is 5.73 Å². The molecule has 1 aromatic carbocycles. The topological polar surface area (TPSA) is 38.0 Å². The molecule has 0 aliphatic heterocycles. The minimum absolute atomic E-state index is 0.502. The second-order valence-electron chi connectivity index (χ2n) is 3.70. The van der Waals surface area contributed by atoms with Gasteiger partial charge in [0, 0.05) is 11.7 Å². The molecule has 1 rings (SSSR count). The lowest BCUT2D eigenvalue weighted by Gasteiger charge is -2.17. The van der Waals surface area contributed by atoms with Gasteiger partial charge in [-0.05, 0) is 44.0 Å². The van der Waals surface area contributed by atoms with Crippen LogP contribution in [0.25, 0.3) is 0 Å². The maximum atomic E-state index is 5.55. The van der Waals surface area contributed by atoms with E-state index in [9.17, 15) is 0 Å². The fraction of sp³-hybridized carbons (Fsp3) is 0.500. The standard InChI is InChI=1S/C12H20N2/c1-3-11(7-8-13)14-12-6-4-5-10(2)9-12/h4-6,9,11,14H,3,7-8,13H2,1-2H3. The van der Waals surface area contributed by atoms with Crippen molar-refractivity contribution in [3.8, 4) is 0 Å². The molecule has 3 N–H and O–H groups in total. The zero-order valence-corrected chi connectivity index (χ0v) is 9.09. The van der Waals surface area contributed by atoms with Crippen molar-refractivity contribution in [1.29, 1.82) is 0 Å². The second kappa shape index (κ2) is 5.66. The molecule has 1 unspecified atom stereocenters. The number of nitrogens with two attached hydrogens (primary N) is 1. The Morgan fingerprint density at radius 2 is 2.21 bits per heavy atom. The fourth-order valence-electron chi connectivity index (χ4n) is 1.55. The Hall–Kier alpha value is -1.02. The summed E-state index contributed by atoms with van der Waals surface area (Å²) in [5, 5.41) is 3.49. The van der Waals surface area contributed by atoms with Crippen molar-refractivity contribution in [3.05, 3.63) is 29.8 Å². The van der Waals surface area contributed by atoms with Crippen molar-refractivity contribution in [3.63, 3.8) is 0 Å². The van der Waals surface area contributed by atoms with Gasteiger partial charge < -0.3 is 11.1 Å². The molecule has 0 amide bonds. The molecule has 0 fully saturated rings. The highest BCUT2D eigenvalue weighted by atomic mass is 14.9. The van der Waals surface area contributed by atoms with Crippen LogP contribution in [0.5, 0.6) is 0 Å². The minimum atomic E-state index is 0.502. The molecule has 0 saturated heterocycles. The van der Waals surface area contributed by atoms with E-state index in [1.54, 1.807) is 0 Å². The van der Waals surface area contributed by atoms with Crippen LogP contribution in [0.3, 0.4) is 0 Å². The highest BCUT2D eigenvalue weighted by Crippen LogP contribution is 2.13. The van der Waals surface area contributed by atoms with Gasteiger partial charge in [-0.1, -0.05) is 19.1 Å². The Balaban J connectivity index is 2.57. The lowest BCUT2D eigenvalue weighted by atomic mass is 10.1. The lowest BCUT2D eigenvalue weighted by molar-refractivity contribution is 0.642. The van der Waals surface area contributed by atoms with E-state index in [0.717, 1.165) is 19.4 Å². The molecule has 0 saturated carbocycles. The van der Waals surface area contributed by atoms with Crippen molar-refractivity contribution in [2.45, 2.75) is 32.7 Å². The zero-order chi connectivity index (χ0) is 10.4. The first-order valence-corrected chi connectivity index (χ1v) is 5.29. The van der Waals surface area contributed by atoms with E-state index in [0.29, 0.717) is 6.04 Å². The molecule has 0 bridgehead atoms. The quantitative estimate of drug-likeness (QED) is 0.752. The van der Waals surface area contributed by atoms with Crippen molar-refractivity contribution in [2.75, 3.05) is 11.9 Å². The third-order valence-electron chi connectivity index (χ3n) is 2.40. The van der Waals surface area contributed by atoms with Gasteiger partial charge in [-0.25, -0.2) is 0 Å². The largest absolute Gasteiger partial charge is 0.382 e. The molecule has 14 heavy (non-hydrogen) atoms. The predicted octanol–water partition coefficient (Wildman–Crippen LogP) is 2.53. The first-order chi connectivity index (χ1) is 6.76. The molecular weight excluding hydrogens is 172 g/mol. The van der Waals surface area contributed by atoms with Gasteiger partial charge in [0.2, 0.25) is 0 Å². The molecule has 0 aliphatic rings. The van der Waals surface area contributed by atoms with E-state index in [2.05, 4.69) is 43.4 Å². The number of rotatable bonds is 5. The summed E-state index contributed by atoms with van der Waals surface area (Å²) in [6, 6.07) is 8.95. The average molecular weight is 192 g/mol. The van der Waals surface area contributed by atoms with Crippen LogP contribution in [-0.2, 0) is 0 Å². The number of hydrogen-bond acceptors (Lipinski definition) is 2. The number of hydrogen-bond donors (Lipinski definition) is 2. The highest BCUT2D eigenvalue weighted by Gasteiger charge is 2.03. The van der Waals surface area contributed by atoms with Gasteiger partial charge in [0.05, 0.1) is 0 Å². The average Bonchev–Trinajstić information content (AvgIpc) is 2.17. The van der Waals surface area contributed by atoms with Gasteiger partial charge in [0.25, 0.3) is 0 Å². The molecule has 78 valence electrons. The van der Waals surface area contributed by atoms with Gasteiger partial charge in [-0.2, -0.15) is 0 Å². The normalized spacial score (nSPS) is 12.5. The maximum absolute atomic E-state index is 5.55. The summed E-state index contributed by atoms with van der Waals surface area (Å²) < 4.78 is 0. The third-order valence-corrected chi connectivity index (χ3v) is 2.40. The summed E-state index contributed by atoms with van der Waals surface area (Å²) in [4.78, 5) is 0. The second-order valence-corrected chi connectivity index (χ2v) is 3.70. The summed E-state index contributed by atoms with van der Waals surface area (Å²) in [6.45, 7) is 5.04. The van der Waals surface area contributed by atoms with E-state index in [1.807, 2.05) is 0 Å². The number of aryl methyl sites for hydroxylation is 1. The number of benzene rings is 1. The van der Waals surface area contributed by atoms with Crippen LogP contribution in [0.1, 0.15) is 25.3 Å². The molecule has 0 spiro atoms. The van der Waals surface area contributed by atoms with Crippen LogP contribution in [0.15, 0.2) is 24.3 Å². The Labute approximate surface area is 86.5 Å². The number of anilines is 1. The minimum Gasteiger partial charge on any atom is -0.382 e. The first kappa shape index (κ1) is 11.1. The van der Waals surface area contributed by atoms with Crippen LogP contribution in [0, 0.1) is 6.92 Å². The van der Waals surface area contributed by atoms with Crippen molar-refractivity contribution in [1.82, 2.24) is 0 Å². The third kappa shape index (κ3) is 3.38. The van der Waals surface area contributed by atoms with Crippen LogP contribution in [0.2, 0.25) is 0 Å². The zero-order valence-electron chi connectivity index (χ0n) is 9.09. The summed E-state index contributed by atoms with van der Waals surface area (Å²) in [7, 11) is 0. The van der Waals surface area contributed by atoms with E-state index >= 15 is 0 Å². The summed E-state index contributed by atoms with van der Waals surface area (Å²) in [5.74, 6) is 0. The predicted molar refractivity (Wildman–Crippen MR) is 62.6 cm³/mol. The van der Waals surface area contributed by atoms with Gasteiger partial charge >= 0.3 is 0 Å².